The fourth-order valence-electron chi connectivity index (χ4n) is 5.41. The fraction of sp³-hybridized carbons (Fsp3) is 0. The number of nitrogens with zero attached hydrogens (tertiary/aromatic N) is 4. The molecule has 0 spiro atoms. The van der Waals surface area contributed by atoms with Crippen LogP contribution in [0, 0.1) is 0 Å². The molecule has 0 radical (unpaired) electrons. The molecule has 1 N–H and O–H groups in total. The van der Waals surface area contributed by atoms with Crippen molar-refractivity contribution in [3.8, 4) is 0 Å². The second-order valence-corrected chi connectivity index (χ2v) is 10.2. The van der Waals surface area contributed by atoms with Crippen LogP contribution < -0.4 is 9.48 Å². The number of Topliss-reactive ketones (excluding diaryl/α,β-unsaturated/α-hetero) is 1. The number of dihydropyridines is 1. The Balaban J connectivity index is 1.20. The molecule has 0 bridgehead atoms. The first-order valence-corrected chi connectivity index (χ1v) is 14.3. The number of benzene rings is 4. The van der Waals surface area contributed by atoms with Crippen LogP contribution in [0.5, 0.6) is 0 Å². The molecule has 44 heavy (non-hydrogen) atoms. The van der Waals surface area contributed by atoms with Gasteiger partial charge in [0.15, 0.2) is 0 Å². The van der Waals surface area contributed by atoms with E-state index in [9.17, 15) is 9.90 Å². The maximum Gasteiger partial charge on any atom is 0.230 e. The molecule has 210 valence electrons. The predicted molar refractivity (Wildman–Crippen MR) is 177 cm³/mol. The van der Waals surface area contributed by atoms with Gasteiger partial charge >= 0.3 is 0 Å². The Kier molecular flexibility index (Phi) is 7.06. The van der Waals surface area contributed by atoms with Crippen molar-refractivity contribution in [3.63, 3.8) is 0 Å². The first-order valence-electron chi connectivity index (χ1n) is 14.3. The number of ketones is 1. The summed E-state index contributed by atoms with van der Waals surface area (Å²) in [5, 5.41) is 11.0. The van der Waals surface area contributed by atoms with Gasteiger partial charge in [-0.15, -0.1) is 0 Å². The summed E-state index contributed by atoms with van der Waals surface area (Å²) in [6, 6.07) is 43.7. The summed E-state index contributed by atoms with van der Waals surface area (Å²) < 4.78 is 2.09. The minimum atomic E-state index is -0.283. The lowest BCUT2D eigenvalue weighted by molar-refractivity contribution is -0.111. The minimum Gasteiger partial charge on any atom is -0.506 e. The number of anilines is 3. The number of hydrogen-bond donors (Lipinski definition) is 1. The van der Waals surface area contributed by atoms with Crippen LogP contribution in [0.4, 0.5) is 28.4 Å². The Morgan fingerprint density at radius 1 is 0.591 bits per heavy atom. The molecule has 0 fully saturated rings. The van der Waals surface area contributed by atoms with E-state index in [4.69, 9.17) is 0 Å². The quantitative estimate of drug-likeness (QED) is 0.165. The van der Waals surface area contributed by atoms with Gasteiger partial charge in [-0.3, -0.25) is 9.78 Å². The molecular weight excluding hydrogens is 544 g/mol. The van der Waals surface area contributed by atoms with Crippen LogP contribution in [-0.2, 0) is 4.79 Å². The maximum atomic E-state index is 13.3. The molecule has 4 aromatic carbocycles. The van der Waals surface area contributed by atoms with Gasteiger partial charge in [-0.05, 0) is 42.5 Å². The van der Waals surface area contributed by atoms with Crippen molar-refractivity contribution >= 4 is 51.7 Å². The zero-order valence-corrected chi connectivity index (χ0v) is 23.7. The van der Waals surface area contributed by atoms with E-state index in [-0.39, 0.29) is 22.7 Å². The molecular formula is C38H27N4O2+. The smallest absolute Gasteiger partial charge is 0.230 e. The van der Waals surface area contributed by atoms with Crippen LogP contribution in [0.3, 0.4) is 0 Å². The van der Waals surface area contributed by atoms with Gasteiger partial charge in [0.25, 0.3) is 0 Å². The van der Waals surface area contributed by atoms with Crippen molar-refractivity contribution in [2.45, 2.75) is 0 Å². The Labute approximate surface area is 255 Å². The average Bonchev–Trinajstić information content (AvgIpc) is 3.09. The van der Waals surface area contributed by atoms with Crippen molar-refractivity contribution in [1.29, 1.82) is 0 Å². The third-order valence-electron chi connectivity index (χ3n) is 7.51. The standard InChI is InChI=1S/C38H26N4O2/c43-37-35(33-23-21-31(25-39-33)41(27-13-5-1-6-14-27)28-15-7-2-8-16-28)38(44)36(37)34-24-22-32(26-40-34)42(29-17-9-3-10-18-29)30-19-11-4-12-20-30/h1-26H/p+1. The molecule has 6 nitrogen and oxygen atoms in total. The zero-order chi connectivity index (χ0) is 29.9. The summed E-state index contributed by atoms with van der Waals surface area (Å²) in [4.78, 5) is 24.6. The number of pyridine rings is 1. The summed E-state index contributed by atoms with van der Waals surface area (Å²) in [6.45, 7) is 0. The highest BCUT2D eigenvalue weighted by Crippen LogP contribution is 2.39. The predicted octanol–water partition coefficient (Wildman–Crippen LogP) is 8.27. The SMILES string of the molecule is O=C1C(c2ccc(N(c3ccccc3)c3ccccc3)cn2)=C(O)/C1=C1\C=CC(=[N+](c2ccccc2)c2ccccc2)C=N1. The molecule has 0 saturated carbocycles. The van der Waals surface area contributed by atoms with Gasteiger partial charge in [-0.1, -0.05) is 72.8 Å². The second kappa shape index (κ2) is 11.6. The highest BCUT2D eigenvalue weighted by Gasteiger charge is 2.38. The number of hydrogen-bond acceptors (Lipinski definition) is 5. The number of carbonyl (C=O) groups excluding carboxylic acids is 1. The molecule has 0 amide bonds. The third kappa shape index (κ3) is 4.95. The average molecular weight is 572 g/mol. The van der Waals surface area contributed by atoms with E-state index in [1.54, 1.807) is 24.6 Å². The van der Waals surface area contributed by atoms with Crippen LogP contribution in [0.2, 0.25) is 0 Å². The van der Waals surface area contributed by atoms with Gasteiger partial charge in [0.05, 0.1) is 40.6 Å². The number of carbonyl (C=O) groups is 1. The lowest BCUT2D eigenvalue weighted by atomic mass is 9.84. The van der Waals surface area contributed by atoms with Crippen LogP contribution in [-0.4, -0.2) is 27.8 Å². The van der Waals surface area contributed by atoms with Crippen molar-refractivity contribution in [2.75, 3.05) is 4.90 Å². The van der Waals surface area contributed by atoms with E-state index < -0.39 is 0 Å². The van der Waals surface area contributed by atoms with E-state index in [0.717, 1.165) is 34.1 Å². The van der Waals surface area contributed by atoms with Gasteiger partial charge in [0.2, 0.25) is 22.9 Å². The van der Waals surface area contributed by atoms with Crippen LogP contribution >= 0.6 is 0 Å². The summed E-state index contributed by atoms with van der Waals surface area (Å²) in [5.74, 6) is -0.379. The molecule has 2 aliphatic rings. The Morgan fingerprint density at radius 2 is 1.14 bits per heavy atom. The minimum absolute atomic E-state index is 0.0959. The van der Waals surface area contributed by atoms with Gasteiger partial charge in [0, 0.05) is 41.7 Å². The number of rotatable bonds is 6. The summed E-state index contributed by atoms with van der Waals surface area (Å²) >= 11 is 0. The van der Waals surface area contributed by atoms with Gasteiger partial charge in [-0.25, -0.2) is 4.99 Å². The highest BCUT2D eigenvalue weighted by molar-refractivity contribution is 6.41. The second-order valence-electron chi connectivity index (χ2n) is 10.2. The van der Waals surface area contributed by atoms with E-state index in [2.05, 4.69) is 19.5 Å². The van der Waals surface area contributed by atoms with E-state index in [1.807, 2.05) is 133 Å². The summed E-state index contributed by atoms with van der Waals surface area (Å²) in [6.07, 6.45) is 7.11. The Bertz CT molecular complexity index is 1890. The number of allylic oxidation sites excluding steroid dienone is 4. The molecule has 6 heteroatoms. The lowest BCUT2D eigenvalue weighted by Gasteiger charge is -2.26. The zero-order valence-electron chi connectivity index (χ0n) is 23.7. The number of aliphatic hydroxyl groups excluding tert-OH is 1. The fourth-order valence-corrected chi connectivity index (χ4v) is 5.41. The van der Waals surface area contributed by atoms with Crippen molar-refractivity contribution in [2.24, 2.45) is 4.99 Å². The molecule has 5 aromatic rings. The van der Waals surface area contributed by atoms with Crippen molar-refractivity contribution in [3.05, 3.63) is 175 Å². The van der Waals surface area contributed by atoms with Crippen LogP contribution in [0.1, 0.15) is 5.69 Å². The highest BCUT2D eigenvalue weighted by atomic mass is 16.3. The van der Waals surface area contributed by atoms with E-state index in [1.165, 1.54) is 0 Å². The molecule has 1 aliphatic carbocycles. The topological polar surface area (TPSA) is 68.8 Å². The number of para-hydroxylation sites is 4. The number of aliphatic hydroxyl groups is 1. The molecule has 1 aromatic heterocycles. The number of aromatic nitrogens is 1. The van der Waals surface area contributed by atoms with Crippen LogP contribution in [0.25, 0.3) is 5.57 Å². The number of aliphatic imine (C=N–C) groups is 1. The monoisotopic (exact) mass is 571 g/mol. The van der Waals surface area contributed by atoms with E-state index >= 15 is 0 Å². The molecule has 0 atom stereocenters. The molecule has 0 saturated heterocycles. The van der Waals surface area contributed by atoms with Gasteiger partial charge < -0.3 is 10.0 Å². The van der Waals surface area contributed by atoms with E-state index in [0.29, 0.717) is 11.4 Å². The third-order valence-corrected chi connectivity index (χ3v) is 7.51. The first-order chi connectivity index (χ1) is 21.7. The maximum absolute atomic E-state index is 13.3. The summed E-state index contributed by atoms with van der Waals surface area (Å²) in [7, 11) is 0. The Morgan fingerprint density at radius 3 is 1.59 bits per heavy atom. The van der Waals surface area contributed by atoms with Gasteiger partial charge in [-0.2, -0.15) is 4.58 Å². The largest absolute Gasteiger partial charge is 0.506 e. The van der Waals surface area contributed by atoms with Crippen molar-refractivity contribution in [1.82, 2.24) is 9.56 Å². The molecule has 0 unspecified atom stereocenters. The lowest BCUT2D eigenvalue weighted by Crippen LogP contribution is -2.24. The summed E-state index contributed by atoms with van der Waals surface area (Å²) in [5.41, 5.74) is 6.82. The molecule has 2 heterocycles. The normalized spacial score (nSPS) is 15.7. The molecule has 7 rings (SSSR count). The molecule has 1 aliphatic heterocycles. The Hall–Kier alpha value is -6.14. The van der Waals surface area contributed by atoms with Crippen molar-refractivity contribution < 1.29 is 9.90 Å². The van der Waals surface area contributed by atoms with Crippen LogP contribution in [0.15, 0.2) is 174 Å². The van der Waals surface area contributed by atoms with Gasteiger partial charge in [0.1, 0.15) is 5.76 Å². The first kappa shape index (κ1) is 26.7.